The topological polar surface area (TPSA) is 98.8 Å². The van der Waals surface area contributed by atoms with Crippen molar-refractivity contribution in [2.24, 2.45) is 0 Å². The van der Waals surface area contributed by atoms with E-state index in [0.717, 1.165) is 19.3 Å². The Morgan fingerprint density at radius 1 is 1.00 bits per heavy atom. The van der Waals surface area contributed by atoms with Gasteiger partial charge in [0.05, 0.1) is 22.6 Å². The molecule has 1 aliphatic heterocycles. The van der Waals surface area contributed by atoms with Crippen LogP contribution >= 0.6 is 0 Å². The zero-order valence-electron chi connectivity index (χ0n) is 17.0. The lowest BCUT2D eigenvalue weighted by molar-refractivity contribution is 0.0491. The van der Waals surface area contributed by atoms with Crippen molar-refractivity contribution in [3.8, 4) is 0 Å². The molecule has 3 aromatic rings. The summed E-state index contributed by atoms with van der Waals surface area (Å²) in [5.74, 6) is -1.16. The van der Waals surface area contributed by atoms with E-state index in [-0.39, 0.29) is 17.1 Å². The first kappa shape index (κ1) is 21.3. The Morgan fingerprint density at radius 2 is 1.71 bits per heavy atom. The van der Waals surface area contributed by atoms with E-state index in [4.69, 9.17) is 9.15 Å². The van der Waals surface area contributed by atoms with Crippen molar-refractivity contribution in [1.82, 2.24) is 8.87 Å². The highest BCUT2D eigenvalue weighted by Crippen LogP contribution is 2.24. The number of oxazole rings is 1. The minimum absolute atomic E-state index is 0.0269. The Balaban J connectivity index is 1.42. The molecule has 0 radical (unpaired) electrons. The van der Waals surface area contributed by atoms with Gasteiger partial charge in [0.15, 0.2) is 5.58 Å². The molecule has 1 fully saturated rings. The van der Waals surface area contributed by atoms with E-state index in [2.05, 4.69) is 0 Å². The van der Waals surface area contributed by atoms with Crippen LogP contribution in [0.1, 0.15) is 36.0 Å². The highest BCUT2D eigenvalue weighted by Gasteiger charge is 2.30. The summed E-state index contributed by atoms with van der Waals surface area (Å²) in [5.41, 5.74) is 1.21. The number of rotatable bonds is 7. The molecule has 4 rings (SSSR count). The second kappa shape index (κ2) is 9.07. The number of hydrogen-bond donors (Lipinski definition) is 0. The number of ether oxygens (including phenoxy) is 1. The van der Waals surface area contributed by atoms with Crippen molar-refractivity contribution in [3.05, 3.63) is 64.6 Å². The number of fused-ring (bicyclic) bond motifs is 1. The lowest BCUT2D eigenvalue weighted by Crippen LogP contribution is -2.36. The smallest absolute Gasteiger partial charge is 0.419 e. The van der Waals surface area contributed by atoms with Crippen molar-refractivity contribution in [2.45, 2.75) is 37.1 Å². The van der Waals surface area contributed by atoms with Crippen molar-refractivity contribution in [2.75, 3.05) is 19.7 Å². The lowest BCUT2D eigenvalue weighted by Gasteiger charge is -2.26. The SMILES string of the molecule is O=C(OCCCn1c(=O)oc2ccccc21)c1ccccc1S(=O)(=O)N1CCCCC1. The third-order valence-corrected chi connectivity index (χ3v) is 7.33. The van der Waals surface area contributed by atoms with Gasteiger partial charge in [0, 0.05) is 19.6 Å². The Morgan fingerprint density at radius 3 is 2.52 bits per heavy atom. The minimum Gasteiger partial charge on any atom is -0.462 e. The highest BCUT2D eigenvalue weighted by molar-refractivity contribution is 7.89. The number of aromatic nitrogens is 1. The minimum atomic E-state index is -3.76. The molecule has 0 spiro atoms. The molecule has 0 amide bonds. The second-order valence-corrected chi connectivity index (χ2v) is 9.34. The van der Waals surface area contributed by atoms with E-state index < -0.39 is 21.7 Å². The predicted molar refractivity (Wildman–Crippen MR) is 114 cm³/mol. The van der Waals surface area contributed by atoms with Crippen LogP contribution in [0.3, 0.4) is 0 Å². The number of sulfonamides is 1. The second-order valence-electron chi connectivity index (χ2n) is 7.44. The first-order chi connectivity index (χ1) is 15.0. The fourth-order valence-corrected chi connectivity index (χ4v) is 5.49. The first-order valence-electron chi connectivity index (χ1n) is 10.3. The van der Waals surface area contributed by atoms with Gasteiger partial charge < -0.3 is 9.15 Å². The summed E-state index contributed by atoms with van der Waals surface area (Å²) in [7, 11) is -3.76. The van der Waals surface area contributed by atoms with E-state index in [1.54, 1.807) is 30.3 Å². The quantitative estimate of drug-likeness (QED) is 0.410. The number of carbonyl (C=O) groups excluding carboxylic acids is 1. The van der Waals surface area contributed by atoms with Crippen LogP contribution in [-0.4, -0.2) is 43.0 Å². The Bertz CT molecular complexity index is 1240. The molecule has 1 saturated heterocycles. The van der Waals surface area contributed by atoms with E-state index in [0.29, 0.717) is 37.2 Å². The van der Waals surface area contributed by atoms with Crippen molar-refractivity contribution in [3.63, 3.8) is 0 Å². The van der Waals surface area contributed by atoms with Crippen molar-refractivity contribution in [1.29, 1.82) is 0 Å². The maximum Gasteiger partial charge on any atom is 0.419 e. The van der Waals surface area contributed by atoms with E-state index >= 15 is 0 Å². The molecule has 2 aromatic carbocycles. The van der Waals surface area contributed by atoms with Crippen molar-refractivity contribution >= 4 is 27.1 Å². The summed E-state index contributed by atoms with van der Waals surface area (Å²) in [6.45, 7) is 1.28. The first-order valence-corrected chi connectivity index (χ1v) is 11.8. The molecule has 0 atom stereocenters. The molecule has 0 aliphatic carbocycles. The van der Waals surface area contributed by atoms with Crippen LogP contribution in [0.2, 0.25) is 0 Å². The molecule has 1 aromatic heterocycles. The summed E-state index contributed by atoms with van der Waals surface area (Å²) in [6.07, 6.45) is 3.02. The number of carbonyl (C=O) groups is 1. The fraction of sp³-hybridized carbons (Fsp3) is 0.364. The average molecular weight is 445 g/mol. The molecule has 0 saturated carbocycles. The number of hydrogen-bond acceptors (Lipinski definition) is 6. The van der Waals surface area contributed by atoms with Gasteiger partial charge >= 0.3 is 11.7 Å². The molecule has 1 aliphatic rings. The molecule has 9 heteroatoms. The maximum atomic E-state index is 13.0. The van der Waals surface area contributed by atoms with Crippen LogP contribution in [0.5, 0.6) is 0 Å². The van der Waals surface area contributed by atoms with Crippen LogP contribution in [0.4, 0.5) is 0 Å². The molecule has 0 bridgehead atoms. The van der Waals surface area contributed by atoms with Crippen LogP contribution in [0.15, 0.2) is 62.6 Å². The Labute approximate surface area is 180 Å². The largest absolute Gasteiger partial charge is 0.462 e. The third-order valence-electron chi connectivity index (χ3n) is 5.37. The summed E-state index contributed by atoms with van der Waals surface area (Å²) in [6, 6.07) is 13.2. The average Bonchev–Trinajstić information content (AvgIpc) is 3.12. The summed E-state index contributed by atoms with van der Waals surface area (Å²) in [4.78, 5) is 24.6. The van der Waals surface area contributed by atoms with E-state index in [1.165, 1.54) is 21.0 Å². The van der Waals surface area contributed by atoms with Crippen LogP contribution in [-0.2, 0) is 21.3 Å². The standard InChI is InChI=1S/C22H24N2O6S/c25-21(29-16-8-15-24-18-10-3-4-11-19(18)30-22(24)26)17-9-2-5-12-20(17)31(27,28)23-13-6-1-7-14-23/h2-5,9-12H,1,6-8,13-16H2. The molecule has 31 heavy (non-hydrogen) atoms. The zero-order chi connectivity index (χ0) is 21.8. The molecule has 2 heterocycles. The predicted octanol–water partition coefficient (Wildman–Crippen LogP) is 3.02. The Kier molecular flexibility index (Phi) is 6.24. The molecule has 0 N–H and O–H groups in total. The highest BCUT2D eigenvalue weighted by atomic mass is 32.2. The van der Waals surface area contributed by atoms with Crippen LogP contribution in [0.25, 0.3) is 11.1 Å². The van der Waals surface area contributed by atoms with Crippen LogP contribution in [0, 0.1) is 0 Å². The van der Waals surface area contributed by atoms with E-state index in [9.17, 15) is 18.0 Å². The van der Waals surface area contributed by atoms with E-state index in [1.807, 2.05) is 6.07 Å². The molecular formula is C22H24N2O6S. The van der Waals surface area contributed by atoms with Crippen molar-refractivity contribution < 1.29 is 22.4 Å². The number of nitrogens with zero attached hydrogens (tertiary/aromatic N) is 2. The zero-order valence-corrected chi connectivity index (χ0v) is 17.8. The molecule has 8 nitrogen and oxygen atoms in total. The van der Waals surface area contributed by atoms with Gasteiger partial charge in [-0.2, -0.15) is 4.31 Å². The number of aryl methyl sites for hydroxylation is 1. The van der Waals surface area contributed by atoms with Gasteiger partial charge in [-0.1, -0.05) is 30.7 Å². The Hall–Kier alpha value is -2.91. The monoisotopic (exact) mass is 444 g/mol. The number of benzene rings is 2. The lowest BCUT2D eigenvalue weighted by atomic mass is 10.2. The maximum absolute atomic E-state index is 13.0. The van der Waals surface area contributed by atoms with Gasteiger partial charge in [-0.15, -0.1) is 0 Å². The van der Waals surface area contributed by atoms with Gasteiger partial charge in [-0.25, -0.2) is 18.0 Å². The molecule has 164 valence electrons. The summed E-state index contributed by atoms with van der Waals surface area (Å²) in [5, 5.41) is 0. The normalized spacial score (nSPS) is 15.2. The molecule has 0 unspecified atom stereocenters. The number of esters is 1. The number of para-hydroxylation sites is 2. The summed E-state index contributed by atoms with van der Waals surface area (Å²) < 4.78 is 39.5. The molecular weight excluding hydrogens is 420 g/mol. The van der Waals surface area contributed by atoms with Gasteiger partial charge in [-0.3, -0.25) is 4.57 Å². The van der Waals surface area contributed by atoms with Gasteiger partial charge in [0.2, 0.25) is 10.0 Å². The fourth-order valence-electron chi connectivity index (χ4n) is 3.80. The van der Waals surface area contributed by atoms with Gasteiger partial charge in [0.25, 0.3) is 0 Å². The van der Waals surface area contributed by atoms with Gasteiger partial charge in [-0.05, 0) is 43.5 Å². The number of piperidine rings is 1. The van der Waals surface area contributed by atoms with Crippen LogP contribution < -0.4 is 5.76 Å². The van der Waals surface area contributed by atoms with Gasteiger partial charge in [0.1, 0.15) is 0 Å². The third kappa shape index (κ3) is 4.42. The summed E-state index contributed by atoms with van der Waals surface area (Å²) >= 11 is 0.